The molecule has 0 amide bonds. The fourth-order valence-corrected chi connectivity index (χ4v) is 1.15. The average Bonchev–Trinajstić information content (AvgIpc) is 2.30. The van der Waals surface area contributed by atoms with Gasteiger partial charge in [0.15, 0.2) is 0 Å². The summed E-state index contributed by atoms with van der Waals surface area (Å²) in [5.74, 6) is 0. The van der Waals surface area contributed by atoms with E-state index in [0.717, 1.165) is 0 Å². The summed E-state index contributed by atoms with van der Waals surface area (Å²) in [6.07, 6.45) is 3.84. The molecule has 3 heteroatoms. The van der Waals surface area contributed by atoms with Crippen molar-refractivity contribution in [1.29, 1.82) is 0 Å². The Bertz CT molecular complexity index is 122. The zero-order valence-electron chi connectivity index (χ0n) is 6.07. The molecule has 1 rings (SSSR count). The molecule has 1 aliphatic rings. The summed E-state index contributed by atoms with van der Waals surface area (Å²) in [6.45, 7) is 0.257. The van der Waals surface area contributed by atoms with Gasteiger partial charge in [0.25, 0.3) is 0 Å². The van der Waals surface area contributed by atoms with Crippen molar-refractivity contribution in [2.75, 3.05) is 20.3 Å². The fraction of sp³-hybridized carbons (Fsp3) is 0.714. The highest BCUT2D eigenvalue weighted by molar-refractivity contribution is 5.09. The minimum Gasteiger partial charge on any atom is -0.394 e. The summed E-state index contributed by atoms with van der Waals surface area (Å²) in [7, 11) is 1.89. The van der Waals surface area contributed by atoms with E-state index in [9.17, 15) is 0 Å². The number of aliphatic hydroxyl groups excluding tert-OH is 2. The van der Waals surface area contributed by atoms with Gasteiger partial charge in [0, 0.05) is 0 Å². The molecule has 0 aromatic heterocycles. The van der Waals surface area contributed by atoms with Crippen LogP contribution in [0, 0.1) is 0 Å². The molecule has 2 N–H and O–H groups in total. The first kappa shape index (κ1) is 7.72. The van der Waals surface area contributed by atoms with E-state index in [-0.39, 0.29) is 25.3 Å². The van der Waals surface area contributed by atoms with Crippen molar-refractivity contribution in [3.05, 3.63) is 12.2 Å². The summed E-state index contributed by atoms with van der Waals surface area (Å²) in [5.41, 5.74) is 0. The minimum absolute atomic E-state index is 0.0946. The van der Waals surface area contributed by atoms with Crippen molar-refractivity contribution < 1.29 is 10.2 Å². The van der Waals surface area contributed by atoms with Crippen molar-refractivity contribution in [2.24, 2.45) is 0 Å². The molecule has 0 aliphatic carbocycles. The molecule has 0 bridgehead atoms. The van der Waals surface area contributed by atoms with E-state index in [0.29, 0.717) is 0 Å². The maximum atomic E-state index is 8.78. The molecule has 1 aliphatic heterocycles. The average molecular weight is 143 g/mol. The smallest absolute Gasteiger partial charge is 0.0622 e. The van der Waals surface area contributed by atoms with E-state index in [1.54, 1.807) is 0 Å². The summed E-state index contributed by atoms with van der Waals surface area (Å²) in [4.78, 5) is 1.94. The van der Waals surface area contributed by atoms with E-state index in [1.807, 2.05) is 24.1 Å². The molecule has 0 radical (unpaired) electrons. The van der Waals surface area contributed by atoms with Crippen LogP contribution in [0.25, 0.3) is 0 Å². The van der Waals surface area contributed by atoms with Crippen molar-refractivity contribution in [3.8, 4) is 0 Å². The molecule has 0 aromatic rings. The van der Waals surface area contributed by atoms with Crippen LogP contribution >= 0.6 is 0 Å². The van der Waals surface area contributed by atoms with Crippen LogP contribution in [0.5, 0.6) is 0 Å². The second-order valence-electron chi connectivity index (χ2n) is 2.55. The third kappa shape index (κ3) is 1.21. The Labute approximate surface area is 60.6 Å². The number of hydrogen-bond acceptors (Lipinski definition) is 3. The van der Waals surface area contributed by atoms with E-state index >= 15 is 0 Å². The minimum atomic E-state index is 0.0946. The van der Waals surface area contributed by atoms with Gasteiger partial charge in [-0.1, -0.05) is 12.2 Å². The Kier molecular flexibility index (Phi) is 2.43. The normalized spacial score (nSPS) is 33.5. The van der Waals surface area contributed by atoms with Crippen LogP contribution in [0.4, 0.5) is 0 Å². The SMILES string of the molecule is CN1C(CO)C=CC1CO. The topological polar surface area (TPSA) is 43.7 Å². The standard InChI is InChI=1S/C7H13NO2/c1-8-6(4-9)2-3-7(8)5-10/h2-3,6-7,9-10H,4-5H2,1H3. The lowest BCUT2D eigenvalue weighted by molar-refractivity contribution is 0.132. The van der Waals surface area contributed by atoms with Gasteiger partial charge in [-0.25, -0.2) is 0 Å². The summed E-state index contributed by atoms with van der Waals surface area (Å²) in [5, 5.41) is 17.6. The van der Waals surface area contributed by atoms with Gasteiger partial charge in [0.1, 0.15) is 0 Å². The molecule has 3 nitrogen and oxygen atoms in total. The molecular weight excluding hydrogens is 130 g/mol. The molecule has 2 unspecified atom stereocenters. The van der Waals surface area contributed by atoms with Crippen LogP contribution in [-0.4, -0.2) is 47.5 Å². The van der Waals surface area contributed by atoms with Crippen LogP contribution in [-0.2, 0) is 0 Å². The van der Waals surface area contributed by atoms with E-state index in [2.05, 4.69) is 0 Å². The van der Waals surface area contributed by atoms with Crippen molar-refractivity contribution in [1.82, 2.24) is 4.90 Å². The second-order valence-corrected chi connectivity index (χ2v) is 2.55. The molecule has 2 atom stereocenters. The first-order valence-electron chi connectivity index (χ1n) is 3.41. The molecule has 0 spiro atoms. The number of hydrogen-bond donors (Lipinski definition) is 2. The predicted molar refractivity (Wildman–Crippen MR) is 38.7 cm³/mol. The lowest BCUT2D eigenvalue weighted by Crippen LogP contribution is -2.37. The zero-order chi connectivity index (χ0) is 7.56. The first-order valence-corrected chi connectivity index (χ1v) is 3.41. The third-order valence-electron chi connectivity index (χ3n) is 1.98. The fourth-order valence-electron chi connectivity index (χ4n) is 1.15. The van der Waals surface area contributed by atoms with Crippen molar-refractivity contribution >= 4 is 0 Å². The molecule has 0 aromatic carbocycles. The Balaban J connectivity index is 2.49. The molecule has 0 saturated carbocycles. The number of likely N-dealkylation sites (N-methyl/N-ethyl adjacent to an activating group) is 1. The van der Waals surface area contributed by atoms with Crippen LogP contribution in [0.3, 0.4) is 0 Å². The van der Waals surface area contributed by atoms with Gasteiger partial charge in [-0.3, -0.25) is 4.90 Å². The Morgan fingerprint density at radius 3 is 1.80 bits per heavy atom. The lowest BCUT2D eigenvalue weighted by atomic mass is 10.3. The highest BCUT2D eigenvalue weighted by Gasteiger charge is 2.22. The quantitative estimate of drug-likeness (QED) is 0.498. The number of aliphatic hydroxyl groups is 2. The van der Waals surface area contributed by atoms with Gasteiger partial charge < -0.3 is 10.2 Å². The highest BCUT2D eigenvalue weighted by atomic mass is 16.3. The summed E-state index contributed by atoms with van der Waals surface area (Å²) in [6, 6.07) is 0.189. The largest absolute Gasteiger partial charge is 0.394 e. The Morgan fingerprint density at radius 2 is 1.60 bits per heavy atom. The van der Waals surface area contributed by atoms with E-state index < -0.39 is 0 Å². The van der Waals surface area contributed by atoms with Gasteiger partial charge in [-0.05, 0) is 7.05 Å². The Morgan fingerprint density at radius 1 is 1.20 bits per heavy atom. The zero-order valence-corrected chi connectivity index (χ0v) is 6.07. The van der Waals surface area contributed by atoms with Gasteiger partial charge in [0.2, 0.25) is 0 Å². The van der Waals surface area contributed by atoms with Crippen molar-refractivity contribution in [3.63, 3.8) is 0 Å². The van der Waals surface area contributed by atoms with Gasteiger partial charge >= 0.3 is 0 Å². The number of nitrogens with zero attached hydrogens (tertiary/aromatic N) is 1. The first-order chi connectivity index (χ1) is 4.79. The van der Waals surface area contributed by atoms with Crippen LogP contribution in [0.15, 0.2) is 12.2 Å². The molecular formula is C7H13NO2. The van der Waals surface area contributed by atoms with Gasteiger partial charge in [-0.2, -0.15) is 0 Å². The molecule has 58 valence electrons. The van der Waals surface area contributed by atoms with Crippen LogP contribution in [0.2, 0.25) is 0 Å². The molecule has 0 saturated heterocycles. The maximum absolute atomic E-state index is 8.78. The van der Waals surface area contributed by atoms with Crippen LogP contribution in [0.1, 0.15) is 0 Å². The summed E-state index contributed by atoms with van der Waals surface area (Å²) >= 11 is 0. The highest BCUT2D eigenvalue weighted by Crippen LogP contribution is 2.12. The Hall–Kier alpha value is -0.380. The van der Waals surface area contributed by atoms with E-state index in [4.69, 9.17) is 10.2 Å². The van der Waals surface area contributed by atoms with Crippen molar-refractivity contribution in [2.45, 2.75) is 12.1 Å². The third-order valence-corrected chi connectivity index (χ3v) is 1.98. The van der Waals surface area contributed by atoms with Gasteiger partial charge in [-0.15, -0.1) is 0 Å². The maximum Gasteiger partial charge on any atom is 0.0622 e. The summed E-state index contributed by atoms with van der Waals surface area (Å²) < 4.78 is 0. The molecule has 0 fully saturated rings. The predicted octanol–water partition coefficient (Wildman–Crippen LogP) is -0.790. The molecule has 10 heavy (non-hydrogen) atoms. The second kappa shape index (κ2) is 3.14. The molecule has 1 heterocycles. The van der Waals surface area contributed by atoms with Crippen LogP contribution < -0.4 is 0 Å². The number of rotatable bonds is 2. The lowest BCUT2D eigenvalue weighted by Gasteiger charge is -2.22. The van der Waals surface area contributed by atoms with Gasteiger partial charge in [0.05, 0.1) is 25.3 Å². The van der Waals surface area contributed by atoms with E-state index in [1.165, 1.54) is 0 Å². The monoisotopic (exact) mass is 143 g/mol.